The van der Waals surface area contributed by atoms with E-state index in [1.807, 2.05) is 13.8 Å². The highest BCUT2D eigenvalue weighted by Gasteiger charge is 2.29. The van der Waals surface area contributed by atoms with E-state index >= 15 is 0 Å². The van der Waals surface area contributed by atoms with Gasteiger partial charge in [-0.3, -0.25) is 4.90 Å². The van der Waals surface area contributed by atoms with Crippen molar-refractivity contribution < 1.29 is 13.2 Å². The van der Waals surface area contributed by atoms with Gasteiger partial charge in [-0.2, -0.15) is 4.31 Å². The lowest BCUT2D eigenvalue weighted by Gasteiger charge is -2.37. The lowest BCUT2D eigenvalue weighted by atomic mass is 9.89. The van der Waals surface area contributed by atoms with Crippen LogP contribution in [0.1, 0.15) is 20.3 Å². The maximum atomic E-state index is 11.3. The van der Waals surface area contributed by atoms with Crippen molar-refractivity contribution in [1.29, 1.82) is 0 Å². The van der Waals surface area contributed by atoms with Gasteiger partial charge in [0.1, 0.15) is 6.29 Å². The minimum Gasteiger partial charge on any atom is -0.303 e. The van der Waals surface area contributed by atoms with Crippen LogP contribution in [0, 0.1) is 5.41 Å². The third kappa shape index (κ3) is 4.04. The molecule has 0 aromatic rings. The quantitative estimate of drug-likeness (QED) is 0.663. The maximum Gasteiger partial charge on any atom is 0.211 e. The van der Waals surface area contributed by atoms with Gasteiger partial charge in [0.25, 0.3) is 0 Å². The van der Waals surface area contributed by atoms with Gasteiger partial charge >= 0.3 is 0 Å². The van der Waals surface area contributed by atoms with E-state index in [2.05, 4.69) is 4.90 Å². The Morgan fingerprint density at radius 2 is 1.76 bits per heavy atom. The Hall–Kier alpha value is -0.460. The van der Waals surface area contributed by atoms with Crippen LogP contribution in [0.25, 0.3) is 0 Å². The van der Waals surface area contributed by atoms with E-state index in [9.17, 15) is 13.2 Å². The third-order valence-electron chi connectivity index (χ3n) is 3.48. The van der Waals surface area contributed by atoms with Crippen molar-refractivity contribution in [1.82, 2.24) is 9.21 Å². The highest BCUT2D eigenvalue weighted by atomic mass is 32.2. The summed E-state index contributed by atoms with van der Waals surface area (Å²) in [5, 5.41) is 0. The average Bonchev–Trinajstić information content (AvgIpc) is 2.28. The first kappa shape index (κ1) is 14.6. The molecular weight excluding hydrogens is 240 g/mol. The number of nitrogens with zero attached hydrogens (tertiary/aromatic N) is 2. The number of rotatable bonds is 5. The summed E-state index contributed by atoms with van der Waals surface area (Å²) < 4.78 is 24.2. The summed E-state index contributed by atoms with van der Waals surface area (Å²) in [6.45, 7) is 7.12. The van der Waals surface area contributed by atoms with Crippen molar-refractivity contribution in [3.05, 3.63) is 0 Å². The highest BCUT2D eigenvalue weighted by molar-refractivity contribution is 7.88. The van der Waals surface area contributed by atoms with Crippen LogP contribution in [0.15, 0.2) is 0 Å². The predicted molar refractivity (Wildman–Crippen MR) is 67.3 cm³/mol. The molecule has 0 saturated carbocycles. The number of carbonyl (C=O) groups excluding carboxylic acids is 1. The van der Waals surface area contributed by atoms with Crippen LogP contribution in [0.2, 0.25) is 0 Å². The first-order valence-electron chi connectivity index (χ1n) is 5.94. The second kappa shape index (κ2) is 5.46. The molecule has 0 bridgehead atoms. The van der Waals surface area contributed by atoms with E-state index in [-0.39, 0.29) is 5.41 Å². The number of hydrogen-bond acceptors (Lipinski definition) is 4. The van der Waals surface area contributed by atoms with Crippen LogP contribution >= 0.6 is 0 Å². The molecule has 0 N–H and O–H groups in total. The second-order valence-corrected chi connectivity index (χ2v) is 7.05. The Morgan fingerprint density at radius 3 is 2.12 bits per heavy atom. The Bertz CT molecular complexity index is 361. The summed E-state index contributed by atoms with van der Waals surface area (Å²) in [4.78, 5) is 13.2. The number of piperazine rings is 1. The van der Waals surface area contributed by atoms with E-state index < -0.39 is 10.0 Å². The third-order valence-corrected chi connectivity index (χ3v) is 4.78. The van der Waals surface area contributed by atoms with Crippen molar-refractivity contribution >= 4 is 16.3 Å². The zero-order valence-corrected chi connectivity index (χ0v) is 11.7. The normalized spacial score (nSPS) is 23.2. The minimum absolute atomic E-state index is 0.312. The SMILES string of the molecule is CCC(C)(C=O)CN1CCN(S(C)(=O)=O)CC1. The van der Waals surface area contributed by atoms with Crippen LogP contribution in [0.5, 0.6) is 0 Å². The van der Waals surface area contributed by atoms with Crippen LogP contribution in [-0.2, 0) is 14.8 Å². The average molecular weight is 262 g/mol. The summed E-state index contributed by atoms with van der Waals surface area (Å²) in [5.74, 6) is 0. The van der Waals surface area contributed by atoms with Crippen molar-refractivity contribution in [2.45, 2.75) is 20.3 Å². The van der Waals surface area contributed by atoms with Crippen molar-refractivity contribution in [3.63, 3.8) is 0 Å². The molecule has 1 heterocycles. The molecule has 0 spiro atoms. The van der Waals surface area contributed by atoms with Crippen LogP contribution < -0.4 is 0 Å². The largest absolute Gasteiger partial charge is 0.303 e. The van der Waals surface area contributed by atoms with Crippen molar-refractivity contribution in [3.8, 4) is 0 Å². The van der Waals surface area contributed by atoms with E-state index in [1.54, 1.807) is 0 Å². The molecule has 6 heteroatoms. The molecule has 1 unspecified atom stereocenters. The molecule has 1 aliphatic rings. The molecule has 5 nitrogen and oxygen atoms in total. The van der Waals surface area contributed by atoms with Gasteiger partial charge in [-0.25, -0.2) is 8.42 Å². The second-order valence-electron chi connectivity index (χ2n) is 5.06. The number of carbonyl (C=O) groups is 1. The summed E-state index contributed by atoms with van der Waals surface area (Å²) >= 11 is 0. The molecule has 0 amide bonds. The van der Waals surface area contributed by atoms with Crippen LogP contribution in [0.3, 0.4) is 0 Å². The summed E-state index contributed by atoms with van der Waals surface area (Å²) in [6.07, 6.45) is 3.06. The molecule has 1 rings (SSSR count). The molecule has 1 saturated heterocycles. The zero-order valence-electron chi connectivity index (χ0n) is 10.8. The van der Waals surface area contributed by atoms with E-state index in [0.717, 1.165) is 12.7 Å². The molecule has 1 aliphatic heterocycles. The Balaban J connectivity index is 2.51. The number of hydrogen-bond donors (Lipinski definition) is 0. The standard InChI is InChI=1S/C11H22N2O3S/c1-4-11(2,10-14)9-12-5-7-13(8-6-12)17(3,15)16/h10H,4-9H2,1-3H3. The molecule has 0 aliphatic carbocycles. The van der Waals surface area contributed by atoms with Gasteiger partial charge in [0.15, 0.2) is 0 Å². The fraction of sp³-hybridized carbons (Fsp3) is 0.909. The first-order valence-corrected chi connectivity index (χ1v) is 7.79. The van der Waals surface area contributed by atoms with Crippen LogP contribution in [0.4, 0.5) is 0 Å². The van der Waals surface area contributed by atoms with E-state index in [0.29, 0.717) is 32.7 Å². The van der Waals surface area contributed by atoms with Crippen molar-refractivity contribution in [2.24, 2.45) is 5.41 Å². The monoisotopic (exact) mass is 262 g/mol. The highest BCUT2D eigenvalue weighted by Crippen LogP contribution is 2.20. The fourth-order valence-corrected chi connectivity index (χ4v) is 2.79. The maximum absolute atomic E-state index is 11.3. The lowest BCUT2D eigenvalue weighted by Crippen LogP contribution is -2.51. The van der Waals surface area contributed by atoms with Gasteiger partial charge in [0, 0.05) is 38.1 Å². The molecule has 17 heavy (non-hydrogen) atoms. The molecular formula is C11H22N2O3S. The fourth-order valence-electron chi connectivity index (χ4n) is 1.96. The molecule has 1 fully saturated rings. The van der Waals surface area contributed by atoms with Gasteiger partial charge in [0.05, 0.1) is 6.26 Å². The number of sulfonamides is 1. The predicted octanol–water partition coefficient (Wildman–Crippen LogP) is 0.179. The van der Waals surface area contributed by atoms with Gasteiger partial charge in [-0.1, -0.05) is 13.8 Å². The van der Waals surface area contributed by atoms with Crippen LogP contribution in [-0.4, -0.2) is 62.9 Å². The van der Waals surface area contributed by atoms with Gasteiger partial charge in [-0.05, 0) is 6.42 Å². The molecule has 0 radical (unpaired) electrons. The minimum atomic E-state index is -3.07. The Kier molecular flexibility index (Phi) is 4.69. The Morgan fingerprint density at radius 1 is 1.24 bits per heavy atom. The van der Waals surface area contributed by atoms with E-state index in [4.69, 9.17) is 0 Å². The summed E-state index contributed by atoms with van der Waals surface area (Å²) in [6, 6.07) is 0. The van der Waals surface area contributed by atoms with Crippen molar-refractivity contribution in [2.75, 3.05) is 39.0 Å². The zero-order chi connectivity index (χ0) is 13.1. The van der Waals surface area contributed by atoms with Gasteiger partial charge in [0.2, 0.25) is 10.0 Å². The summed E-state index contributed by atoms with van der Waals surface area (Å²) in [5.41, 5.74) is -0.312. The topological polar surface area (TPSA) is 57.7 Å². The van der Waals surface area contributed by atoms with Gasteiger partial charge < -0.3 is 4.79 Å². The van der Waals surface area contributed by atoms with E-state index in [1.165, 1.54) is 10.6 Å². The molecule has 0 aromatic heterocycles. The van der Waals surface area contributed by atoms with Gasteiger partial charge in [-0.15, -0.1) is 0 Å². The summed E-state index contributed by atoms with van der Waals surface area (Å²) in [7, 11) is -3.07. The molecule has 0 aromatic carbocycles. The Labute approximate surface area is 104 Å². The molecule has 100 valence electrons. The smallest absolute Gasteiger partial charge is 0.211 e. The first-order chi connectivity index (χ1) is 7.80. The lowest BCUT2D eigenvalue weighted by molar-refractivity contribution is -0.116. The molecule has 1 atom stereocenters. The number of aldehydes is 1.